The van der Waals surface area contributed by atoms with Crippen LogP contribution >= 0.6 is 11.6 Å². The molecule has 0 aliphatic heterocycles. The molecule has 30 heavy (non-hydrogen) atoms. The Hall–Kier alpha value is -2.36. The molecule has 0 saturated carbocycles. The molecule has 11 heteroatoms. The number of aryl methyl sites for hydroxylation is 1. The molecule has 1 heterocycles. The van der Waals surface area contributed by atoms with Crippen molar-refractivity contribution in [2.45, 2.75) is 46.5 Å². The first kappa shape index (κ1) is 23.9. The molecule has 1 aromatic heterocycles. The second-order valence-corrected chi connectivity index (χ2v) is 6.78. The first-order valence-corrected chi connectivity index (χ1v) is 9.45. The van der Waals surface area contributed by atoms with Crippen molar-refractivity contribution in [2.24, 2.45) is 5.92 Å². The third-order valence-electron chi connectivity index (χ3n) is 4.28. The van der Waals surface area contributed by atoms with Crippen LogP contribution in [0.25, 0.3) is 11.3 Å². The van der Waals surface area contributed by atoms with E-state index in [-0.39, 0.29) is 46.4 Å². The molecule has 0 amide bonds. The minimum absolute atomic E-state index is 0.0635. The number of carbonyl (C=O) groups is 1. The Morgan fingerprint density at radius 3 is 2.47 bits per heavy atom. The molecule has 0 spiro atoms. The predicted octanol–water partition coefficient (Wildman–Crippen LogP) is 5.74. The highest BCUT2D eigenvalue weighted by atomic mass is 35.5. The fourth-order valence-corrected chi connectivity index (χ4v) is 3.12. The van der Waals surface area contributed by atoms with Crippen LogP contribution < -0.4 is 4.74 Å². The SMILES string of the molecule is CCOC(=O)c1nn(CC)c(-c2ccc(C[C@H](C)C(F)(F)F)cc2OC(F)F)c1Cl. The third-order valence-corrected chi connectivity index (χ3v) is 4.64. The monoisotopic (exact) mass is 454 g/mol. The summed E-state index contributed by atoms with van der Waals surface area (Å²) in [6.45, 7) is 1.37. The summed E-state index contributed by atoms with van der Waals surface area (Å²) in [4.78, 5) is 12.1. The Bertz CT molecular complexity index is 899. The molecule has 0 unspecified atom stereocenters. The number of esters is 1. The van der Waals surface area contributed by atoms with E-state index in [1.165, 1.54) is 16.8 Å². The van der Waals surface area contributed by atoms with Crippen LogP contribution in [-0.4, -0.2) is 35.1 Å². The van der Waals surface area contributed by atoms with Crippen LogP contribution in [-0.2, 0) is 17.7 Å². The summed E-state index contributed by atoms with van der Waals surface area (Å²) in [7, 11) is 0. The molecule has 0 fully saturated rings. The highest BCUT2D eigenvalue weighted by Crippen LogP contribution is 2.39. The van der Waals surface area contributed by atoms with Crippen molar-refractivity contribution in [1.29, 1.82) is 0 Å². The number of hydrogen-bond donors (Lipinski definition) is 0. The standard InChI is InChI=1S/C19H20ClF5N2O3/c1-4-27-16(14(20)15(26-27)17(28)29-5-2)12-7-6-11(8-10(3)19(23,24)25)9-13(12)30-18(21)22/h6-7,9-10,18H,4-5,8H2,1-3H3/t10-/m0/s1. The van der Waals surface area contributed by atoms with Gasteiger partial charge in [0, 0.05) is 12.1 Å². The summed E-state index contributed by atoms with van der Waals surface area (Å²) in [6, 6.07) is 3.79. The van der Waals surface area contributed by atoms with Crippen LogP contribution in [0.15, 0.2) is 18.2 Å². The molecule has 0 bridgehead atoms. The van der Waals surface area contributed by atoms with Gasteiger partial charge in [0.2, 0.25) is 0 Å². The molecule has 1 atom stereocenters. The number of nitrogens with zero attached hydrogens (tertiary/aromatic N) is 2. The number of alkyl halides is 5. The minimum atomic E-state index is -4.43. The Morgan fingerprint density at radius 2 is 1.93 bits per heavy atom. The number of ether oxygens (including phenoxy) is 2. The highest BCUT2D eigenvalue weighted by Gasteiger charge is 2.36. The molecule has 0 aliphatic carbocycles. The zero-order valence-electron chi connectivity index (χ0n) is 16.4. The number of rotatable bonds is 8. The maximum Gasteiger partial charge on any atom is 0.391 e. The number of aromatic nitrogens is 2. The first-order valence-electron chi connectivity index (χ1n) is 9.07. The van der Waals surface area contributed by atoms with Gasteiger partial charge in [-0.25, -0.2) is 4.79 Å². The first-order chi connectivity index (χ1) is 14.0. The van der Waals surface area contributed by atoms with Crippen molar-refractivity contribution in [1.82, 2.24) is 9.78 Å². The van der Waals surface area contributed by atoms with E-state index in [1.54, 1.807) is 13.8 Å². The minimum Gasteiger partial charge on any atom is -0.461 e. The molecule has 166 valence electrons. The van der Waals surface area contributed by atoms with E-state index in [9.17, 15) is 26.7 Å². The van der Waals surface area contributed by atoms with Crippen molar-refractivity contribution in [3.63, 3.8) is 0 Å². The normalized spacial score (nSPS) is 12.9. The van der Waals surface area contributed by atoms with E-state index in [2.05, 4.69) is 9.84 Å². The third kappa shape index (κ3) is 5.41. The van der Waals surface area contributed by atoms with Crippen LogP contribution in [0.4, 0.5) is 22.0 Å². The second kappa shape index (κ2) is 9.63. The molecule has 0 radical (unpaired) electrons. The van der Waals surface area contributed by atoms with Crippen molar-refractivity contribution in [2.75, 3.05) is 6.61 Å². The largest absolute Gasteiger partial charge is 0.461 e. The van der Waals surface area contributed by atoms with Gasteiger partial charge >= 0.3 is 18.8 Å². The second-order valence-electron chi connectivity index (χ2n) is 6.40. The highest BCUT2D eigenvalue weighted by molar-refractivity contribution is 6.36. The van der Waals surface area contributed by atoms with E-state index in [0.29, 0.717) is 0 Å². The fourth-order valence-electron chi connectivity index (χ4n) is 2.81. The molecule has 5 nitrogen and oxygen atoms in total. The Labute approximate surface area is 174 Å². The van der Waals surface area contributed by atoms with Gasteiger partial charge in [-0.1, -0.05) is 24.6 Å². The van der Waals surface area contributed by atoms with Gasteiger partial charge in [0.1, 0.15) is 10.8 Å². The lowest BCUT2D eigenvalue weighted by Gasteiger charge is -2.18. The van der Waals surface area contributed by atoms with Gasteiger partial charge in [-0.15, -0.1) is 0 Å². The smallest absolute Gasteiger partial charge is 0.391 e. The summed E-state index contributed by atoms with van der Waals surface area (Å²) in [5.41, 5.74) is 0.138. The van der Waals surface area contributed by atoms with Crippen molar-refractivity contribution < 1.29 is 36.2 Å². The van der Waals surface area contributed by atoms with Crippen LogP contribution in [0.5, 0.6) is 5.75 Å². The predicted molar refractivity (Wildman–Crippen MR) is 99.9 cm³/mol. The maximum absolute atomic E-state index is 13.0. The Balaban J connectivity index is 2.56. The van der Waals surface area contributed by atoms with Crippen molar-refractivity contribution in [3.05, 3.63) is 34.5 Å². The van der Waals surface area contributed by atoms with Gasteiger partial charge in [-0.2, -0.15) is 27.1 Å². The number of carbonyl (C=O) groups excluding carboxylic acids is 1. The van der Waals surface area contributed by atoms with Crippen LogP contribution in [0.3, 0.4) is 0 Å². The van der Waals surface area contributed by atoms with Crippen LogP contribution in [0.2, 0.25) is 5.02 Å². The van der Waals surface area contributed by atoms with Crippen molar-refractivity contribution in [3.8, 4) is 17.0 Å². The number of halogens is 6. The lowest BCUT2D eigenvalue weighted by molar-refractivity contribution is -0.169. The lowest BCUT2D eigenvalue weighted by Crippen LogP contribution is -2.21. The topological polar surface area (TPSA) is 53.3 Å². The average molecular weight is 455 g/mol. The lowest BCUT2D eigenvalue weighted by atomic mass is 9.98. The Morgan fingerprint density at radius 1 is 1.27 bits per heavy atom. The van der Waals surface area contributed by atoms with Gasteiger partial charge in [0.05, 0.1) is 18.2 Å². The zero-order chi connectivity index (χ0) is 22.6. The Kier molecular flexibility index (Phi) is 7.68. The summed E-state index contributed by atoms with van der Waals surface area (Å²) < 4.78 is 75.3. The summed E-state index contributed by atoms with van der Waals surface area (Å²) in [6.07, 6.45) is -4.85. The quantitative estimate of drug-likeness (QED) is 0.377. The maximum atomic E-state index is 13.0. The molecule has 1 aromatic carbocycles. The molecule has 0 saturated heterocycles. The number of benzene rings is 1. The van der Waals surface area contributed by atoms with Crippen LogP contribution in [0, 0.1) is 5.92 Å². The molecular formula is C19H20ClF5N2O3. The van der Waals surface area contributed by atoms with Gasteiger partial charge in [-0.3, -0.25) is 4.68 Å². The summed E-state index contributed by atoms with van der Waals surface area (Å²) in [5.74, 6) is -2.84. The number of hydrogen-bond acceptors (Lipinski definition) is 4. The van der Waals surface area contributed by atoms with E-state index in [0.717, 1.165) is 13.0 Å². The van der Waals surface area contributed by atoms with E-state index in [4.69, 9.17) is 16.3 Å². The molecule has 2 aromatic rings. The summed E-state index contributed by atoms with van der Waals surface area (Å²) >= 11 is 6.29. The van der Waals surface area contributed by atoms with Crippen LogP contribution in [0.1, 0.15) is 36.8 Å². The van der Waals surface area contributed by atoms with Crippen molar-refractivity contribution >= 4 is 17.6 Å². The fraction of sp³-hybridized carbons (Fsp3) is 0.474. The summed E-state index contributed by atoms with van der Waals surface area (Å²) in [5, 5.41) is 3.93. The molecular weight excluding hydrogens is 435 g/mol. The van der Waals surface area contributed by atoms with Gasteiger partial charge in [-0.05, 0) is 38.0 Å². The van der Waals surface area contributed by atoms with Gasteiger partial charge < -0.3 is 9.47 Å². The molecule has 2 rings (SSSR count). The molecule has 0 aliphatic rings. The van der Waals surface area contributed by atoms with E-state index >= 15 is 0 Å². The molecule has 0 N–H and O–H groups in total. The average Bonchev–Trinajstić information content (AvgIpc) is 2.97. The zero-order valence-corrected chi connectivity index (χ0v) is 17.2. The van der Waals surface area contributed by atoms with Gasteiger partial charge in [0.15, 0.2) is 5.69 Å². The van der Waals surface area contributed by atoms with Gasteiger partial charge in [0.25, 0.3) is 0 Å². The van der Waals surface area contributed by atoms with E-state index in [1.807, 2.05) is 0 Å². The van der Waals surface area contributed by atoms with E-state index < -0.39 is 31.1 Å².